The van der Waals surface area contributed by atoms with Crippen molar-refractivity contribution in [3.63, 3.8) is 0 Å². The van der Waals surface area contributed by atoms with Crippen LogP contribution < -0.4 is 0 Å². The molecule has 0 aromatic heterocycles. The lowest BCUT2D eigenvalue weighted by atomic mass is 10.1. The van der Waals surface area contributed by atoms with E-state index in [9.17, 15) is 4.79 Å². The van der Waals surface area contributed by atoms with Gasteiger partial charge in [0, 0.05) is 6.42 Å². The van der Waals surface area contributed by atoms with Crippen molar-refractivity contribution in [2.75, 3.05) is 6.61 Å². The van der Waals surface area contributed by atoms with Gasteiger partial charge in [-0.25, -0.2) is 4.79 Å². The van der Waals surface area contributed by atoms with E-state index in [1.54, 1.807) is 0 Å². The minimum Gasteiger partial charge on any atom is -0.462 e. The van der Waals surface area contributed by atoms with Crippen LogP contribution in [0.3, 0.4) is 0 Å². The Balaban J connectivity index is 3.32. The average molecular weight is 699 g/mol. The van der Waals surface area contributed by atoms with Gasteiger partial charge in [0.1, 0.15) is 6.10 Å². The molecule has 40 heavy (non-hydrogen) atoms. The lowest BCUT2D eigenvalue weighted by molar-refractivity contribution is 0.0284. The fourth-order valence-corrected chi connectivity index (χ4v) is 15.9. The predicted octanol–water partition coefficient (Wildman–Crippen LogP) is 10.4. The van der Waals surface area contributed by atoms with Crippen molar-refractivity contribution in [2.24, 2.45) is 0 Å². The summed E-state index contributed by atoms with van der Waals surface area (Å²) in [6, 6.07) is 14.3. The highest BCUT2D eigenvalue weighted by Crippen LogP contribution is 2.34. The zero-order valence-corrected chi connectivity index (χ0v) is 30.3. The van der Waals surface area contributed by atoms with Crippen LogP contribution in [-0.4, -0.2) is 41.4 Å². The van der Waals surface area contributed by atoms with Gasteiger partial charge in [-0.1, -0.05) is 127 Å². The SMILES string of the molecule is C#C[C@H](O[Si](CCC)(CCC)CCC)[C@H](CCOC(=O)c1ccccc1/C=C/I)O[Si](CCC)(CCC)CCC. The Labute approximate surface area is 261 Å². The second-order valence-electron chi connectivity index (χ2n) is 11.0. The highest BCUT2D eigenvalue weighted by atomic mass is 127. The minimum atomic E-state index is -2.04. The van der Waals surface area contributed by atoms with Gasteiger partial charge in [-0.05, 0) is 58.1 Å². The molecule has 0 heterocycles. The van der Waals surface area contributed by atoms with E-state index in [0.717, 1.165) is 80.4 Å². The molecule has 0 amide bonds. The Kier molecular flexibility index (Phi) is 19.4. The second kappa shape index (κ2) is 20.9. The van der Waals surface area contributed by atoms with Crippen molar-refractivity contribution < 1.29 is 18.4 Å². The molecule has 2 atom stereocenters. The fraction of sp³-hybridized carbons (Fsp3) is 0.667. The Morgan fingerprint density at radius 2 is 1.32 bits per heavy atom. The normalized spacial score (nSPS) is 13.8. The van der Waals surface area contributed by atoms with Crippen molar-refractivity contribution in [1.29, 1.82) is 0 Å². The maximum atomic E-state index is 13.1. The lowest BCUT2D eigenvalue weighted by Gasteiger charge is -2.41. The largest absolute Gasteiger partial charge is 0.462 e. The summed E-state index contributed by atoms with van der Waals surface area (Å²) < 4.78 is 22.1. The molecule has 1 rings (SSSR count). The van der Waals surface area contributed by atoms with Crippen molar-refractivity contribution in [2.45, 2.75) is 135 Å². The van der Waals surface area contributed by atoms with Gasteiger partial charge in [-0.15, -0.1) is 6.42 Å². The quantitative estimate of drug-likeness (QED) is 0.0523. The molecule has 0 unspecified atom stereocenters. The third-order valence-corrected chi connectivity index (χ3v) is 18.0. The first-order chi connectivity index (χ1) is 19.3. The van der Waals surface area contributed by atoms with Crippen molar-refractivity contribution in [3.8, 4) is 12.3 Å². The number of esters is 1. The number of carbonyl (C=O) groups is 1. The van der Waals surface area contributed by atoms with E-state index < -0.39 is 22.7 Å². The fourth-order valence-electron chi connectivity index (χ4n) is 6.16. The van der Waals surface area contributed by atoms with Crippen LogP contribution in [0.25, 0.3) is 6.08 Å². The van der Waals surface area contributed by atoms with Gasteiger partial charge in [0.15, 0.2) is 16.6 Å². The van der Waals surface area contributed by atoms with E-state index in [4.69, 9.17) is 20.0 Å². The summed E-state index contributed by atoms with van der Waals surface area (Å²) in [6.45, 7) is 13.8. The summed E-state index contributed by atoms with van der Waals surface area (Å²) >= 11 is 2.17. The van der Waals surface area contributed by atoms with Crippen LogP contribution in [0, 0.1) is 12.3 Å². The number of halogens is 1. The number of benzene rings is 1. The zero-order chi connectivity index (χ0) is 29.9. The molecule has 0 aliphatic carbocycles. The predicted molar refractivity (Wildman–Crippen MR) is 185 cm³/mol. The Morgan fingerprint density at radius 1 is 0.850 bits per heavy atom. The van der Waals surface area contributed by atoms with Crippen LogP contribution in [0.15, 0.2) is 28.3 Å². The van der Waals surface area contributed by atoms with Crippen LogP contribution in [0.1, 0.15) is 102 Å². The summed E-state index contributed by atoms with van der Waals surface area (Å²) in [7, 11) is -4.07. The summed E-state index contributed by atoms with van der Waals surface area (Å²) in [5.74, 6) is 2.72. The molecule has 1 aromatic rings. The highest BCUT2D eigenvalue weighted by molar-refractivity contribution is 14.1. The first-order valence-electron chi connectivity index (χ1n) is 15.7. The topological polar surface area (TPSA) is 44.8 Å². The van der Waals surface area contributed by atoms with Gasteiger partial charge in [-0.2, -0.15) is 0 Å². The number of ether oxygens (including phenoxy) is 1. The Morgan fingerprint density at radius 3 is 1.77 bits per heavy atom. The molecule has 226 valence electrons. The third-order valence-electron chi connectivity index (χ3n) is 7.57. The van der Waals surface area contributed by atoms with Crippen LogP contribution >= 0.6 is 22.6 Å². The lowest BCUT2D eigenvalue weighted by Crippen LogP contribution is -2.50. The smallest absolute Gasteiger partial charge is 0.338 e. The van der Waals surface area contributed by atoms with Crippen molar-refractivity contribution >= 4 is 51.3 Å². The average Bonchev–Trinajstić information content (AvgIpc) is 2.92. The molecule has 1 aromatic carbocycles. The molecule has 0 bridgehead atoms. The highest BCUT2D eigenvalue weighted by Gasteiger charge is 2.41. The molecule has 0 fully saturated rings. The van der Waals surface area contributed by atoms with E-state index >= 15 is 0 Å². The van der Waals surface area contributed by atoms with E-state index in [1.165, 1.54) is 0 Å². The van der Waals surface area contributed by atoms with Gasteiger partial charge in [-0.3, -0.25) is 0 Å². The molecule has 0 spiro atoms. The molecule has 4 nitrogen and oxygen atoms in total. The van der Waals surface area contributed by atoms with Crippen LogP contribution in [0.4, 0.5) is 0 Å². The number of rotatable bonds is 22. The van der Waals surface area contributed by atoms with E-state index in [2.05, 4.69) is 70.1 Å². The standard InChI is InChI=1S/C33H55IO4Si2/c1-8-23-39(24-9-2,25-10-3)37-31(14-7)32(38-40(26-11-4,27-12-5)28-13-6)20-22-36-33(35)30-18-16-15-17-29(30)19-21-34/h7,15-19,21,31-32H,8-13,20,22-28H2,1-6H3/b21-19+/t31-,32-/m0/s1. The molecule has 7 heteroatoms. The molecule has 0 saturated heterocycles. The number of hydrogen-bond acceptors (Lipinski definition) is 4. The maximum Gasteiger partial charge on any atom is 0.338 e. The summed E-state index contributed by atoms with van der Waals surface area (Å²) in [4.78, 5) is 13.1. The van der Waals surface area contributed by atoms with Gasteiger partial charge in [0.05, 0.1) is 18.3 Å². The third kappa shape index (κ3) is 12.1. The van der Waals surface area contributed by atoms with E-state index in [1.807, 2.05) is 34.4 Å². The van der Waals surface area contributed by atoms with Gasteiger partial charge >= 0.3 is 5.97 Å². The number of terminal acetylenes is 1. The zero-order valence-electron chi connectivity index (χ0n) is 26.1. The van der Waals surface area contributed by atoms with E-state index in [0.29, 0.717) is 12.0 Å². The number of hydrogen-bond donors (Lipinski definition) is 0. The summed E-state index contributed by atoms with van der Waals surface area (Å²) in [5, 5.41) is 0. The molecular weight excluding hydrogens is 643 g/mol. The number of carbonyl (C=O) groups excluding carboxylic acids is 1. The second-order valence-corrected chi connectivity index (χ2v) is 20.0. The molecular formula is C33H55IO4Si2. The van der Waals surface area contributed by atoms with E-state index in [-0.39, 0.29) is 18.7 Å². The van der Waals surface area contributed by atoms with Crippen LogP contribution in [-0.2, 0) is 13.6 Å². The first-order valence-corrected chi connectivity index (χ1v) is 22.0. The van der Waals surface area contributed by atoms with Gasteiger partial charge in [0.25, 0.3) is 0 Å². The molecule has 0 saturated carbocycles. The summed E-state index contributed by atoms with van der Waals surface area (Å²) in [5.41, 5.74) is 1.43. The Hall–Kier alpha value is -0.926. The van der Waals surface area contributed by atoms with Gasteiger partial charge < -0.3 is 13.6 Å². The Bertz CT molecular complexity index is 880. The van der Waals surface area contributed by atoms with Crippen LogP contribution in [0.2, 0.25) is 36.3 Å². The summed E-state index contributed by atoms with van der Waals surface area (Å²) in [6.07, 6.45) is 14.7. The monoisotopic (exact) mass is 698 g/mol. The minimum absolute atomic E-state index is 0.256. The first kappa shape index (κ1) is 37.1. The van der Waals surface area contributed by atoms with Crippen molar-refractivity contribution in [3.05, 3.63) is 39.5 Å². The molecule has 0 aliphatic rings. The maximum absolute atomic E-state index is 13.1. The van der Waals surface area contributed by atoms with Crippen LogP contribution in [0.5, 0.6) is 0 Å². The molecule has 0 aliphatic heterocycles. The molecule has 0 radical (unpaired) electrons. The van der Waals surface area contributed by atoms with Crippen molar-refractivity contribution in [1.82, 2.24) is 0 Å². The van der Waals surface area contributed by atoms with Gasteiger partial charge in [0.2, 0.25) is 0 Å². The molecule has 0 N–H and O–H groups in total.